The van der Waals surface area contributed by atoms with Crippen molar-refractivity contribution in [1.29, 1.82) is 0 Å². The van der Waals surface area contributed by atoms with Gasteiger partial charge in [-0.3, -0.25) is 14.6 Å². The number of rotatable bonds is 14. The van der Waals surface area contributed by atoms with Crippen molar-refractivity contribution in [3.05, 3.63) is 53.3 Å². The van der Waals surface area contributed by atoms with Gasteiger partial charge in [-0.1, -0.05) is 38.8 Å². The van der Waals surface area contributed by atoms with E-state index in [4.69, 9.17) is 26.2 Å². The fourth-order valence-corrected chi connectivity index (χ4v) is 3.79. The van der Waals surface area contributed by atoms with Gasteiger partial charge in [0.2, 0.25) is 5.91 Å². The summed E-state index contributed by atoms with van der Waals surface area (Å²) in [7, 11) is 0. The molecule has 13 heteroatoms. The molecular formula is C30H42ClF3N4O5. The maximum Gasteiger partial charge on any atom is 0.490 e. The van der Waals surface area contributed by atoms with Crippen molar-refractivity contribution in [2.75, 3.05) is 31.6 Å². The van der Waals surface area contributed by atoms with Crippen molar-refractivity contribution in [2.24, 2.45) is 5.41 Å². The minimum absolute atomic E-state index is 0.0421. The number of ether oxygens (including phenoxy) is 1. The summed E-state index contributed by atoms with van der Waals surface area (Å²) in [6, 6.07) is 8.96. The summed E-state index contributed by atoms with van der Waals surface area (Å²) in [6.07, 6.45) is 1.40. The van der Waals surface area contributed by atoms with Gasteiger partial charge in [-0.25, -0.2) is 4.79 Å². The van der Waals surface area contributed by atoms with Crippen LogP contribution in [0, 0.1) is 5.41 Å². The van der Waals surface area contributed by atoms with Crippen molar-refractivity contribution in [3.8, 4) is 5.75 Å². The summed E-state index contributed by atoms with van der Waals surface area (Å²) in [4.78, 5) is 40.0. The first-order valence-corrected chi connectivity index (χ1v) is 14.3. The Morgan fingerprint density at radius 3 is 2.23 bits per heavy atom. The van der Waals surface area contributed by atoms with E-state index in [2.05, 4.69) is 36.4 Å². The normalized spacial score (nSPS) is 11.3. The lowest BCUT2D eigenvalue weighted by Crippen LogP contribution is -2.37. The number of alkyl halides is 3. The van der Waals surface area contributed by atoms with E-state index < -0.39 is 12.1 Å². The minimum atomic E-state index is -5.08. The van der Waals surface area contributed by atoms with Crippen LogP contribution in [0.1, 0.15) is 70.7 Å². The zero-order valence-electron chi connectivity index (χ0n) is 25.3. The number of aromatic nitrogens is 1. The Balaban J connectivity index is 0.00000117. The molecule has 0 saturated carbocycles. The van der Waals surface area contributed by atoms with Gasteiger partial charge >= 0.3 is 12.1 Å². The van der Waals surface area contributed by atoms with Crippen molar-refractivity contribution in [1.82, 2.24) is 15.2 Å². The molecule has 43 heavy (non-hydrogen) atoms. The average Bonchev–Trinajstić information content (AvgIpc) is 2.91. The van der Waals surface area contributed by atoms with Crippen LogP contribution < -0.4 is 15.4 Å². The summed E-state index contributed by atoms with van der Waals surface area (Å²) in [6.45, 7) is 12.6. The molecule has 0 unspecified atom stereocenters. The zero-order valence-corrected chi connectivity index (χ0v) is 26.0. The Morgan fingerprint density at radius 2 is 1.67 bits per heavy atom. The lowest BCUT2D eigenvalue weighted by Gasteiger charge is -2.27. The highest BCUT2D eigenvalue weighted by atomic mass is 35.5. The fourth-order valence-electron chi connectivity index (χ4n) is 3.56. The second-order valence-electron chi connectivity index (χ2n) is 11.2. The van der Waals surface area contributed by atoms with E-state index in [1.54, 1.807) is 30.6 Å². The summed E-state index contributed by atoms with van der Waals surface area (Å²) in [5.41, 5.74) is 1.55. The van der Waals surface area contributed by atoms with Crippen molar-refractivity contribution in [2.45, 2.75) is 72.5 Å². The van der Waals surface area contributed by atoms with Gasteiger partial charge in [-0.15, -0.1) is 0 Å². The molecule has 0 atom stereocenters. The monoisotopic (exact) mass is 630 g/mol. The lowest BCUT2D eigenvalue weighted by atomic mass is 9.97. The molecular weight excluding hydrogens is 589 g/mol. The minimum Gasteiger partial charge on any atom is -0.492 e. The number of halogens is 4. The molecule has 9 nitrogen and oxygen atoms in total. The predicted octanol–water partition coefficient (Wildman–Crippen LogP) is 6.43. The van der Waals surface area contributed by atoms with E-state index in [9.17, 15) is 22.8 Å². The first-order chi connectivity index (χ1) is 20.0. The number of unbranched alkanes of at least 4 members (excludes halogenated alkanes) is 2. The second-order valence-corrected chi connectivity index (χ2v) is 11.7. The summed E-state index contributed by atoms with van der Waals surface area (Å²) in [5, 5.41) is 13.8. The number of hydrogen-bond donors (Lipinski definition) is 3. The number of amides is 2. The van der Waals surface area contributed by atoms with E-state index in [1.807, 2.05) is 30.9 Å². The molecule has 0 fully saturated rings. The van der Waals surface area contributed by atoms with Crippen molar-refractivity contribution >= 4 is 35.1 Å². The van der Waals surface area contributed by atoms with Crippen LogP contribution in [-0.2, 0) is 9.59 Å². The Bertz CT molecular complexity index is 1160. The van der Waals surface area contributed by atoms with E-state index in [0.717, 1.165) is 24.9 Å². The molecule has 0 radical (unpaired) electrons. The largest absolute Gasteiger partial charge is 0.492 e. The summed E-state index contributed by atoms with van der Waals surface area (Å²) < 4.78 is 37.6. The van der Waals surface area contributed by atoms with Crippen LogP contribution in [-0.4, -0.2) is 71.2 Å². The van der Waals surface area contributed by atoms with E-state index in [-0.39, 0.29) is 23.3 Å². The quantitative estimate of drug-likeness (QED) is 0.206. The van der Waals surface area contributed by atoms with Gasteiger partial charge in [0.1, 0.15) is 12.4 Å². The Hall–Kier alpha value is -3.54. The first-order valence-electron chi connectivity index (χ1n) is 13.9. The fraction of sp³-hybridized carbons (Fsp3) is 0.533. The van der Waals surface area contributed by atoms with E-state index in [1.165, 1.54) is 0 Å². The number of pyridine rings is 1. The number of benzene rings is 1. The highest BCUT2D eigenvalue weighted by molar-refractivity contribution is 6.31. The summed E-state index contributed by atoms with van der Waals surface area (Å²) >= 11 is 6.30. The number of aliphatic carboxylic acids is 1. The molecule has 0 aliphatic rings. The van der Waals surface area contributed by atoms with Gasteiger partial charge in [0.05, 0.1) is 0 Å². The molecule has 240 valence electrons. The highest BCUT2D eigenvalue weighted by Crippen LogP contribution is 2.23. The molecule has 1 aromatic heterocycles. The molecule has 3 N–H and O–H groups in total. The number of carbonyl (C=O) groups excluding carboxylic acids is 2. The molecule has 1 heterocycles. The Labute approximate surface area is 256 Å². The van der Waals surface area contributed by atoms with E-state index in [0.29, 0.717) is 49.0 Å². The third kappa shape index (κ3) is 16.6. The molecule has 0 aliphatic heterocycles. The smallest absolute Gasteiger partial charge is 0.490 e. The number of hydrogen-bond acceptors (Lipinski definition) is 6. The number of nitrogens with one attached hydrogen (secondary N) is 2. The standard InChI is InChI=1S/C28H41ClN4O3.C2HF3O2/c1-21(2)33(15-8-6-7-9-26(34)32-20-28(3,4)5)27(35)22-17-23(29)19-25(18-22)36-16-14-31-24-10-12-30-13-11-24;3-2(4,5)1(6)7/h10-13,17-19,21H,6-9,14-16,20H2,1-5H3,(H,30,31)(H,32,34);(H,6,7). The SMILES string of the molecule is CC(C)N(CCCCCC(=O)NCC(C)(C)C)C(=O)c1cc(Cl)cc(OCCNc2ccncc2)c1.O=C(O)C(F)(F)F. The third-order valence-electron chi connectivity index (χ3n) is 5.74. The van der Waals surface area contributed by atoms with Gasteiger partial charge in [0.15, 0.2) is 0 Å². The van der Waals surface area contributed by atoms with Gasteiger partial charge in [-0.05, 0) is 62.4 Å². The van der Waals surface area contributed by atoms with Crippen LogP contribution in [0.4, 0.5) is 18.9 Å². The number of nitrogens with zero attached hydrogens (tertiary/aromatic N) is 2. The van der Waals surface area contributed by atoms with Crippen LogP contribution in [0.3, 0.4) is 0 Å². The zero-order chi connectivity index (χ0) is 32.6. The highest BCUT2D eigenvalue weighted by Gasteiger charge is 2.38. The Kier molecular flexibility index (Phi) is 15.9. The molecule has 2 amide bonds. The second kappa shape index (κ2) is 18.2. The molecule has 2 rings (SSSR count). The first kappa shape index (κ1) is 37.5. The number of carboxylic acid groups (broad SMARTS) is 1. The maximum atomic E-state index is 13.3. The van der Waals surface area contributed by atoms with Gasteiger partial charge in [-0.2, -0.15) is 13.2 Å². The molecule has 0 saturated heterocycles. The van der Waals surface area contributed by atoms with Gasteiger partial charge < -0.3 is 25.4 Å². The molecule has 0 aliphatic carbocycles. The Morgan fingerprint density at radius 1 is 1.05 bits per heavy atom. The van der Waals surface area contributed by atoms with Crippen molar-refractivity contribution < 1.29 is 37.4 Å². The van der Waals surface area contributed by atoms with Crippen LogP contribution in [0.2, 0.25) is 5.02 Å². The van der Waals surface area contributed by atoms with Crippen LogP contribution in [0.5, 0.6) is 5.75 Å². The van der Waals surface area contributed by atoms with Crippen LogP contribution >= 0.6 is 11.6 Å². The molecule has 0 bridgehead atoms. The maximum absolute atomic E-state index is 13.3. The molecule has 2 aromatic rings. The number of carbonyl (C=O) groups is 3. The van der Waals surface area contributed by atoms with Gasteiger partial charge in [0, 0.05) is 60.8 Å². The van der Waals surface area contributed by atoms with Crippen LogP contribution in [0.25, 0.3) is 0 Å². The predicted molar refractivity (Wildman–Crippen MR) is 160 cm³/mol. The molecule has 1 aromatic carbocycles. The van der Waals surface area contributed by atoms with Crippen molar-refractivity contribution in [3.63, 3.8) is 0 Å². The van der Waals surface area contributed by atoms with Crippen LogP contribution in [0.15, 0.2) is 42.7 Å². The third-order valence-corrected chi connectivity index (χ3v) is 5.96. The lowest BCUT2D eigenvalue weighted by molar-refractivity contribution is -0.192. The topological polar surface area (TPSA) is 121 Å². The van der Waals surface area contributed by atoms with Gasteiger partial charge in [0.25, 0.3) is 5.91 Å². The number of carboxylic acids is 1. The van der Waals surface area contributed by atoms with E-state index >= 15 is 0 Å². The summed E-state index contributed by atoms with van der Waals surface area (Å²) in [5.74, 6) is -2.18. The molecule has 0 spiro atoms. The number of anilines is 1. The average molecular weight is 631 g/mol.